The standard InChI is InChI=1S/C16H10ClNO2/c17-13-9-5-4-8-12(13)10-14-16(19)20-15(18-14)11-6-2-1-3-7-11/h1-10H/b14-10-. The van der Waals surface area contributed by atoms with Gasteiger partial charge in [0.1, 0.15) is 0 Å². The lowest BCUT2D eigenvalue weighted by atomic mass is 10.2. The van der Waals surface area contributed by atoms with Gasteiger partial charge in [-0.05, 0) is 29.8 Å². The van der Waals surface area contributed by atoms with Crippen LogP contribution in [0.3, 0.4) is 0 Å². The van der Waals surface area contributed by atoms with Crippen molar-refractivity contribution in [3.63, 3.8) is 0 Å². The van der Waals surface area contributed by atoms with Gasteiger partial charge in [0.25, 0.3) is 0 Å². The molecule has 0 amide bonds. The maximum absolute atomic E-state index is 11.8. The number of carbonyl (C=O) groups is 1. The van der Waals surface area contributed by atoms with Crippen LogP contribution in [-0.2, 0) is 9.53 Å². The normalized spacial score (nSPS) is 16.1. The van der Waals surface area contributed by atoms with Gasteiger partial charge >= 0.3 is 5.97 Å². The van der Waals surface area contributed by atoms with Crippen LogP contribution in [-0.4, -0.2) is 11.9 Å². The Hall–Kier alpha value is -2.39. The zero-order chi connectivity index (χ0) is 13.9. The van der Waals surface area contributed by atoms with Crippen LogP contribution in [0.4, 0.5) is 0 Å². The molecular formula is C16H10ClNO2. The van der Waals surface area contributed by atoms with Crippen LogP contribution < -0.4 is 0 Å². The Morgan fingerprint density at radius 1 is 1.00 bits per heavy atom. The molecule has 4 heteroatoms. The van der Waals surface area contributed by atoms with Crippen molar-refractivity contribution in [3.05, 3.63) is 76.4 Å². The van der Waals surface area contributed by atoms with E-state index in [1.165, 1.54) is 0 Å². The first-order valence-corrected chi connectivity index (χ1v) is 6.44. The second-order valence-corrected chi connectivity index (χ2v) is 4.63. The Labute approximate surface area is 121 Å². The zero-order valence-corrected chi connectivity index (χ0v) is 11.2. The lowest BCUT2D eigenvalue weighted by molar-refractivity contribution is -0.129. The summed E-state index contributed by atoms with van der Waals surface area (Å²) in [5.41, 5.74) is 1.75. The van der Waals surface area contributed by atoms with Gasteiger partial charge in [0, 0.05) is 10.6 Å². The van der Waals surface area contributed by atoms with Gasteiger partial charge in [0.15, 0.2) is 5.70 Å². The first-order valence-electron chi connectivity index (χ1n) is 6.06. The molecule has 98 valence electrons. The lowest BCUT2D eigenvalue weighted by Crippen LogP contribution is -2.04. The Morgan fingerprint density at radius 2 is 1.70 bits per heavy atom. The van der Waals surface area contributed by atoms with Gasteiger partial charge in [0.2, 0.25) is 5.90 Å². The fourth-order valence-corrected chi connectivity index (χ4v) is 2.04. The first kappa shape index (κ1) is 12.6. The van der Waals surface area contributed by atoms with Gasteiger partial charge in [-0.25, -0.2) is 9.79 Å². The predicted molar refractivity (Wildman–Crippen MR) is 78.5 cm³/mol. The smallest absolute Gasteiger partial charge is 0.363 e. The van der Waals surface area contributed by atoms with Gasteiger partial charge in [-0.2, -0.15) is 0 Å². The molecule has 0 aromatic heterocycles. The molecule has 1 aliphatic rings. The van der Waals surface area contributed by atoms with Crippen molar-refractivity contribution in [1.29, 1.82) is 0 Å². The molecule has 0 saturated carbocycles. The monoisotopic (exact) mass is 283 g/mol. The quantitative estimate of drug-likeness (QED) is 0.623. The largest absolute Gasteiger partial charge is 0.402 e. The molecule has 2 aromatic carbocycles. The number of carbonyl (C=O) groups excluding carboxylic acids is 1. The zero-order valence-electron chi connectivity index (χ0n) is 10.4. The summed E-state index contributed by atoms with van der Waals surface area (Å²) in [4.78, 5) is 16.0. The highest BCUT2D eigenvalue weighted by Gasteiger charge is 2.24. The number of aliphatic imine (C=N–C) groups is 1. The second-order valence-electron chi connectivity index (χ2n) is 4.22. The Bertz CT molecular complexity index is 720. The number of hydrogen-bond acceptors (Lipinski definition) is 3. The summed E-state index contributed by atoms with van der Waals surface area (Å²) < 4.78 is 5.17. The van der Waals surface area contributed by atoms with Gasteiger partial charge < -0.3 is 4.74 Å². The molecule has 0 bridgehead atoms. The van der Waals surface area contributed by atoms with Crippen LogP contribution in [0, 0.1) is 0 Å². The number of nitrogens with zero attached hydrogens (tertiary/aromatic N) is 1. The molecule has 20 heavy (non-hydrogen) atoms. The number of hydrogen-bond donors (Lipinski definition) is 0. The van der Waals surface area contributed by atoms with E-state index < -0.39 is 5.97 Å². The molecule has 3 nitrogen and oxygen atoms in total. The minimum atomic E-state index is -0.469. The summed E-state index contributed by atoms with van der Waals surface area (Å²) in [7, 11) is 0. The number of halogens is 1. The van der Waals surface area contributed by atoms with Gasteiger partial charge in [0.05, 0.1) is 0 Å². The number of rotatable bonds is 2. The molecule has 2 aromatic rings. The van der Waals surface area contributed by atoms with E-state index in [1.807, 2.05) is 48.5 Å². The number of ether oxygens (including phenoxy) is 1. The number of cyclic esters (lactones) is 1. The molecule has 3 rings (SSSR count). The minimum absolute atomic E-state index is 0.247. The van der Waals surface area contributed by atoms with Crippen molar-refractivity contribution in [1.82, 2.24) is 0 Å². The molecule has 0 fully saturated rings. The summed E-state index contributed by atoms with van der Waals surface area (Å²) >= 11 is 6.06. The molecule has 0 atom stereocenters. The van der Waals surface area contributed by atoms with Crippen LogP contribution in [0.1, 0.15) is 11.1 Å². The Morgan fingerprint density at radius 3 is 2.45 bits per heavy atom. The summed E-state index contributed by atoms with van der Waals surface area (Å²) in [6, 6.07) is 16.5. The first-order chi connectivity index (χ1) is 9.74. The Balaban J connectivity index is 1.97. The average Bonchev–Trinajstić information content (AvgIpc) is 2.84. The van der Waals surface area contributed by atoms with Crippen LogP contribution in [0.2, 0.25) is 5.02 Å². The van der Waals surface area contributed by atoms with E-state index in [9.17, 15) is 4.79 Å². The average molecular weight is 284 g/mol. The SMILES string of the molecule is O=C1OC(c2ccccc2)=N/C1=C\c1ccccc1Cl. The third-order valence-corrected chi connectivity index (χ3v) is 3.18. The van der Waals surface area contributed by atoms with Crippen LogP contribution in [0.5, 0.6) is 0 Å². The molecule has 0 N–H and O–H groups in total. The predicted octanol–water partition coefficient (Wildman–Crippen LogP) is 3.68. The summed E-state index contributed by atoms with van der Waals surface area (Å²) in [6.07, 6.45) is 1.63. The number of benzene rings is 2. The van der Waals surface area contributed by atoms with Crippen molar-refractivity contribution in [2.45, 2.75) is 0 Å². The molecule has 1 aliphatic heterocycles. The summed E-state index contributed by atoms with van der Waals surface area (Å²) in [6.45, 7) is 0. The molecule has 0 saturated heterocycles. The molecule has 0 unspecified atom stereocenters. The van der Waals surface area contributed by atoms with Crippen molar-refractivity contribution in [2.75, 3.05) is 0 Å². The van der Waals surface area contributed by atoms with E-state index in [-0.39, 0.29) is 5.70 Å². The van der Waals surface area contributed by atoms with E-state index in [4.69, 9.17) is 16.3 Å². The fourth-order valence-electron chi connectivity index (χ4n) is 1.85. The van der Waals surface area contributed by atoms with Crippen molar-refractivity contribution in [3.8, 4) is 0 Å². The van der Waals surface area contributed by atoms with E-state index >= 15 is 0 Å². The van der Waals surface area contributed by atoms with Crippen molar-refractivity contribution in [2.24, 2.45) is 4.99 Å². The van der Waals surface area contributed by atoms with Crippen LogP contribution in [0.25, 0.3) is 6.08 Å². The van der Waals surface area contributed by atoms with Crippen molar-refractivity contribution < 1.29 is 9.53 Å². The molecule has 0 aliphatic carbocycles. The highest BCUT2D eigenvalue weighted by atomic mass is 35.5. The van der Waals surface area contributed by atoms with E-state index in [0.717, 1.165) is 11.1 Å². The van der Waals surface area contributed by atoms with E-state index in [2.05, 4.69) is 4.99 Å². The van der Waals surface area contributed by atoms with Gasteiger partial charge in [-0.3, -0.25) is 0 Å². The number of esters is 1. The van der Waals surface area contributed by atoms with Crippen molar-refractivity contribution >= 4 is 29.5 Å². The maximum Gasteiger partial charge on any atom is 0.363 e. The Kier molecular flexibility index (Phi) is 3.35. The fraction of sp³-hybridized carbons (Fsp3) is 0. The van der Waals surface area contributed by atoms with Gasteiger partial charge in [-0.15, -0.1) is 0 Å². The molecule has 0 spiro atoms. The molecular weight excluding hydrogens is 274 g/mol. The second kappa shape index (κ2) is 5.31. The third-order valence-electron chi connectivity index (χ3n) is 2.84. The summed E-state index contributed by atoms with van der Waals surface area (Å²) in [5, 5.41) is 0.566. The highest BCUT2D eigenvalue weighted by Crippen LogP contribution is 2.22. The topological polar surface area (TPSA) is 38.7 Å². The van der Waals surface area contributed by atoms with Gasteiger partial charge in [-0.1, -0.05) is 48.0 Å². The van der Waals surface area contributed by atoms with E-state index in [0.29, 0.717) is 10.9 Å². The minimum Gasteiger partial charge on any atom is -0.402 e. The molecule has 0 radical (unpaired) electrons. The summed E-state index contributed by atoms with van der Waals surface area (Å²) in [5.74, 6) is -0.155. The van der Waals surface area contributed by atoms with E-state index in [1.54, 1.807) is 12.1 Å². The highest BCUT2D eigenvalue weighted by molar-refractivity contribution is 6.32. The third kappa shape index (κ3) is 2.49. The maximum atomic E-state index is 11.8. The van der Waals surface area contributed by atoms with Crippen LogP contribution >= 0.6 is 11.6 Å². The van der Waals surface area contributed by atoms with Crippen LogP contribution in [0.15, 0.2) is 65.3 Å². The molecule has 1 heterocycles. The lowest BCUT2D eigenvalue weighted by Gasteiger charge is -1.97.